The standard InChI is InChI=1S/C6BrF11/c7-2(9)1(8)3(4(10,11)12,5(13,14)15)6(16,17)18/b2-1-. The van der Waals surface area contributed by atoms with E-state index in [4.69, 9.17) is 0 Å². The largest absolute Gasteiger partial charge is 0.418 e. The molecule has 0 aromatic carbocycles. The molecule has 18 heavy (non-hydrogen) atoms. The van der Waals surface area contributed by atoms with Gasteiger partial charge in [0.2, 0.25) is 0 Å². The predicted octanol–water partition coefficient (Wildman–Crippen LogP) is 5.16. The van der Waals surface area contributed by atoms with Crippen molar-refractivity contribution in [3.05, 3.63) is 10.6 Å². The zero-order chi connectivity index (χ0) is 15.2. The van der Waals surface area contributed by atoms with Gasteiger partial charge in [-0.25, -0.2) is 4.39 Å². The number of rotatable bonds is 1. The monoisotopic (exact) mass is 360 g/mol. The van der Waals surface area contributed by atoms with Crippen molar-refractivity contribution in [2.24, 2.45) is 5.41 Å². The number of halogens is 12. The second-order valence-corrected chi connectivity index (χ2v) is 3.51. The van der Waals surface area contributed by atoms with E-state index in [9.17, 15) is 48.3 Å². The first-order valence-corrected chi connectivity index (χ1v) is 4.31. The van der Waals surface area contributed by atoms with Gasteiger partial charge in [-0.1, -0.05) is 0 Å². The van der Waals surface area contributed by atoms with Crippen LogP contribution in [0.25, 0.3) is 0 Å². The van der Waals surface area contributed by atoms with Gasteiger partial charge in [0, 0.05) is 0 Å². The van der Waals surface area contributed by atoms with E-state index in [1.807, 2.05) is 0 Å². The first-order chi connectivity index (χ1) is 7.60. The van der Waals surface area contributed by atoms with Gasteiger partial charge in [0.15, 0.2) is 10.6 Å². The second kappa shape index (κ2) is 4.53. The van der Waals surface area contributed by atoms with Gasteiger partial charge in [0.05, 0.1) is 0 Å². The van der Waals surface area contributed by atoms with Crippen LogP contribution >= 0.6 is 15.9 Å². The molecule has 12 heteroatoms. The molecule has 0 aromatic rings. The average Bonchev–Trinajstić information content (AvgIpc) is 1.94. The van der Waals surface area contributed by atoms with Crippen LogP contribution in [-0.4, -0.2) is 18.5 Å². The maximum Gasteiger partial charge on any atom is 0.418 e. The van der Waals surface area contributed by atoms with Gasteiger partial charge in [0.25, 0.3) is 0 Å². The quantitative estimate of drug-likeness (QED) is 0.566. The van der Waals surface area contributed by atoms with Crippen LogP contribution in [0.3, 0.4) is 0 Å². The lowest BCUT2D eigenvalue weighted by Crippen LogP contribution is -2.60. The Morgan fingerprint density at radius 2 is 0.833 bits per heavy atom. The SMILES string of the molecule is F/C(Br)=C(\F)C(C(F)(F)F)(C(F)(F)F)C(F)(F)F. The zero-order valence-electron chi connectivity index (χ0n) is 7.54. The Bertz CT molecular complexity index is 302. The summed E-state index contributed by atoms with van der Waals surface area (Å²) in [5, 5.41) is 0. The molecular weight excluding hydrogens is 361 g/mol. The molecular formula is C6BrF11. The Kier molecular flexibility index (Phi) is 4.39. The van der Waals surface area contributed by atoms with Crippen molar-refractivity contribution >= 4 is 15.9 Å². The molecule has 0 heterocycles. The highest BCUT2D eigenvalue weighted by atomic mass is 79.9. The average molecular weight is 361 g/mol. The van der Waals surface area contributed by atoms with Crippen molar-refractivity contribution in [3.8, 4) is 0 Å². The molecule has 0 N–H and O–H groups in total. The molecule has 0 rings (SSSR count). The number of hydrogen-bond donors (Lipinski definition) is 0. The molecule has 0 saturated heterocycles. The predicted molar refractivity (Wildman–Crippen MR) is 38.8 cm³/mol. The van der Waals surface area contributed by atoms with E-state index in [2.05, 4.69) is 0 Å². The summed E-state index contributed by atoms with van der Waals surface area (Å²) in [7, 11) is 0. The third kappa shape index (κ3) is 2.43. The Balaban J connectivity index is 6.58. The minimum Gasteiger partial charge on any atom is -0.206 e. The number of alkyl halides is 9. The van der Waals surface area contributed by atoms with Crippen LogP contribution in [0.1, 0.15) is 0 Å². The molecule has 0 amide bonds. The lowest BCUT2D eigenvalue weighted by Gasteiger charge is -2.36. The van der Waals surface area contributed by atoms with Gasteiger partial charge >= 0.3 is 23.9 Å². The van der Waals surface area contributed by atoms with E-state index in [0.717, 1.165) is 0 Å². The number of hydrogen-bond acceptors (Lipinski definition) is 0. The first kappa shape index (κ1) is 17.4. The summed E-state index contributed by atoms with van der Waals surface area (Å²) in [5.41, 5.74) is -6.92. The zero-order valence-corrected chi connectivity index (χ0v) is 9.12. The van der Waals surface area contributed by atoms with Crippen LogP contribution < -0.4 is 0 Å². The van der Waals surface area contributed by atoms with Crippen molar-refractivity contribution in [2.45, 2.75) is 18.5 Å². The Morgan fingerprint density at radius 3 is 0.889 bits per heavy atom. The lowest BCUT2D eigenvalue weighted by molar-refractivity contribution is -0.416. The summed E-state index contributed by atoms with van der Waals surface area (Å²) in [6, 6.07) is 0. The van der Waals surface area contributed by atoms with E-state index in [1.165, 1.54) is 15.9 Å². The van der Waals surface area contributed by atoms with Crippen LogP contribution in [0.2, 0.25) is 0 Å². The van der Waals surface area contributed by atoms with Crippen LogP contribution in [0.5, 0.6) is 0 Å². The van der Waals surface area contributed by atoms with E-state index >= 15 is 0 Å². The van der Waals surface area contributed by atoms with Gasteiger partial charge in [-0.05, 0) is 15.9 Å². The van der Waals surface area contributed by atoms with Gasteiger partial charge in [-0.15, -0.1) is 0 Å². The highest BCUT2D eigenvalue weighted by Gasteiger charge is 2.86. The Hall–Kier alpha value is -0.550. The maximum atomic E-state index is 12.6. The third-order valence-corrected chi connectivity index (χ3v) is 2.12. The molecule has 0 unspecified atom stereocenters. The molecule has 0 aromatic heterocycles. The fourth-order valence-corrected chi connectivity index (χ4v) is 1.29. The third-order valence-electron chi connectivity index (χ3n) is 1.77. The summed E-state index contributed by atoms with van der Waals surface area (Å²) >= 11 is 1.19. The summed E-state index contributed by atoms with van der Waals surface area (Å²) in [4.78, 5) is 0. The molecule has 0 bridgehead atoms. The molecule has 0 radical (unpaired) electrons. The van der Waals surface area contributed by atoms with Crippen molar-refractivity contribution in [1.82, 2.24) is 0 Å². The molecule has 0 aliphatic heterocycles. The summed E-state index contributed by atoms with van der Waals surface area (Å²) in [6.45, 7) is 0. The molecule has 0 aliphatic rings. The Labute approximate surface area is 99.6 Å². The first-order valence-electron chi connectivity index (χ1n) is 3.52. The normalized spacial score (nSPS) is 16.7. The van der Waals surface area contributed by atoms with Crippen molar-refractivity contribution < 1.29 is 48.3 Å². The highest BCUT2D eigenvalue weighted by Crippen LogP contribution is 2.64. The van der Waals surface area contributed by atoms with E-state index in [0.29, 0.717) is 0 Å². The van der Waals surface area contributed by atoms with Crippen molar-refractivity contribution in [1.29, 1.82) is 0 Å². The molecule has 0 spiro atoms. The van der Waals surface area contributed by atoms with Gasteiger partial charge in [-0.3, -0.25) is 0 Å². The topological polar surface area (TPSA) is 0 Å². The van der Waals surface area contributed by atoms with E-state index < -0.39 is 34.5 Å². The van der Waals surface area contributed by atoms with Crippen LogP contribution in [-0.2, 0) is 0 Å². The highest BCUT2D eigenvalue weighted by molar-refractivity contribution is 9.11. The summed E-state index contributed by atoms with van der Waals surface area (Å²) in [5.74, 6) is -4.06. The molecule has 0 fully saturated rings. The smallest absolute Gasteiger partial charge is 0.206 e. The van der Waals surface area contributed by atoms with Crippen molar-refractivity contribution in [3.63, 3.8) is 0 Å². The second-order valence-electron chi connectivity index (χ2n) is 2.82. The van der Waals surface area contributed by atoms with Crippen LogP contribution in [0.4, 0.5) is 48.3 Å². The van der Waals surface area contributed by atoms with Gasteiger partial charge in [0.1, 0.15) is 0 Å². The molecule has 0 aliphatic carbocycles. The summed E-state index contributed by atoms with van der Waals surface area (Å²) in [6.07, 6.45) is -21.5. The van der Waals surface area contributed by atoms with Crippen LogP contribution in [0.15, 0.2) is 10.6 Å². The minimum absolute atomic E-state index is 1.19. The van der Waals surface area contributed by atoms with Crippen molar-refractivity contribution in [2.75, 3.05) is 0 Å². The fourth-order valence-electron chi connectivity index (χ4n) is 0.997. The van der Waals surface area contributed by atoms with Crippen LogP contribution in [0, 0.1) is 5.41 Å². The van der Waals surface area contributed by atoms with Gasteiger partial charge < -0.3 is 0 Å². The molecule has 108 valence electrons. The molecule has 0 saturated carbocycles. The minimum atomic E-state index is -7.17. The molecule has 0 atom stereocenters. The van der Waals surface area contributed by atoms with E-state index in [1.54, 1.807) is 0 Å². The number of allylic oxidation sites excluding steroid dienone is 1. The van der Waals surface area contributed by atoms with E-state index in [-0.39, 0.29) is 0 Å². The molecule has 0 nitrogen and oxygen atoms in total. The maximum absolute atomic E-state index is 12.6. The fraction of sp³-hybridized carbons (Fsp3) is 0.667. The van der Waals surface area contributed by atoms with Gasteiger partial charge in [-0.2, -0.15) is 43.9 Å². The Morgan fingerprint density at radius 1 is 0.611 bits per heavy atom. The lowest BCUT2D eigenvalue weighted by atomic mass is 9.84. The summed E-state index contributed by atoms with van der Waals surface area (Å²) < 4.78 is 130.